The molecule has 4 heteroatoms. The number of fused-ring (bicyclic) bond motifs is 1. The lowest BCUT2D eigenvalue weighted by Crippen LogP contribution is -2.49. The lowest BCUT2D eigenvalue weighted by atomic mass is 10.1. The first-order valence-corrected chi connectivity index (χ1v) is 5.97. The Hall–Kier alpha value is -1.71. The second-order valence-corrected chi connectivity index (χ2v) is 4.59. The van der Waals surface area contributed by atoms with Crippen LogP contribution in [0, 0.1) is 0 Å². The van der Waals surface area contributed by atoms with Crippen LogP contribution in [0.5, 0.6) is 11.5 Å². The number of carbonyl (C=O) groups is 1. The van der Waals surface area contributed by atoms with Gasteiger partial charge in [-0.1, -0.05) is 12.1 Å². The smallest absolute Gasteiger partial charge is 0.265 e. The largest absolute Gasteiger partial charge is 0.482 e. The predicted octanol–water partition coefficient (Wildman–Crippen LogP) is 1.49. The molecule has 2 unspecified atom stereocenters. The third kappa shape index (κ3) is 2.07. The van der Waals surface area contributed by atoms with Crippen LogP contribution in [0.15, 0.2) is 24.3 Å². The Balaban J connectivity index is 1.76. The Labute approximate surface area is 99.9 Å². The highest BCUT2D eigenvalue weighted by atomic mass is 16.6. The summed E-state index contributed by atoms with van der Waals surface area (Å²) in [5, 5.41) is 2.94. The van der Waals surface area contributed by atoms with Crippen molar-refractivity contribution >= 4 is 5.91 Å². The Kier molecular flexibility index (Phi) is 2.42. The molecule has 1 heterocycles. The van der Waals surface area contributed by atoms with Crippen molar-refractivity contribution < 1.29 is 14.3 Å². The lowest BCUT2D eigenvalue weighted by Gasteiger charge is -2.31. The molecule has 1 aliphatic heterocycles. The van der Waals surface area contributed by atoms with Gasteiger partial charge in [0.1, 0.15) is 6.10 Å². The number of rotatable bonds is 2. The first-order valence-electron chi connectivity index (χ1n) is 5.97. The minimum absolute atomic E-state index is 0.0745. The van der Waals surface area contributed by atoms with Gasteiger partial charge in [0.25, 0.3) is 5.91 Å². The maximum absolute atomic E-state index is 12.0. The van der Waals surface area contributed by atoms with Gasteiger partial charge in [-0.25, -0.2) is 0 Å². The van der Waals surface area contributed by atoms with Gasteiger partial charge in [-0.05, 0) is 31.9 Å². The molecule has 3 rings (SSSR count). The number of hydrogen-bond donors (Lipinski definition) is 1. The fraction of sp³-hybridized carbons (Fsp3) is 0.462. The molecular weight excluding hydrogens is 218 g/mol. The van der Waals surface area contributed by atoms with E-state index in [1.54, 1.807) is 0 Å². The molecule has 1 aliphatic carbocycles. The molecule has 1 fully saturated rings. The van der Waals surface area contributed by atoms with Crippen LogP contribution in [-0.2, 0) is 4.79 Å². The molecule has 0 saturated heterocycles. The van der Waals surface area contributed by atoms with Crippen LogP contribution in [0.4, 0.5) is 0 Å². The summed E-state index contributed by atoms with van der Waals surface area (Å²) in [6.07, 6.45) is 1.34. The molecule has 17 heavy (non-hydrogen) atoms. The number of ether oxygens (including phenoxy) is 2. The van der Waals surface area contributed by atoms with E-state index in [0.29, 0.717) is 17.5 Å². The van der Waals surface area contributed by atoms with Crippen molar-refractivity contribution in [2.75, 3.05) is 0 Å². The van der Waals surface area contributed by atoms with Gasteiger partial charge >= 0.3 is 0 Å². The summed E-state index contributed by atoms with van der Waals surface area (Å²) < 4.78 is 11.4. The topological polar surface area (TPSA) is 47.6 Å². The minimum atomic E-state index is -0.550. The summed E-state index contributed by atoms with van der Waals surface area (Å²) in [6.45, 7) is 1.85. The molecule has 1 amide bonds. The molecule has 0 radical (unpaired) electrons. The number of hydrogen-bond acceptors (Lipinski definition) is 3. The van der Waals surface area contributed by atoms with Gasteiger partial charge < -0.3 is 14.8 Å². The molecule has 1 saturated carbocycles. The monoisotopic (exact) mass is 233 g/mol. The van der Waals surface area contributed by atoms with Crippen molar-refractivity contribution in [3.8, 4) is 11.5 Å². The van der Waals surface area contributed by atoms with E-state index in [9.17, 15) is 4.79 Å². The molecule has 1 N–H and O–H groups in total. The molecule has 1 aromatic carbocycles. The maximum atomic E-state index is 12.0. The zero-order valence-corrected chi connectivity index (χ0v) is 9.68. The number of nitrogens with one attached hydrogen (secondary N) is 1. The summed E-state index contributed by atoms with van der Waals surface area (Å²) in [5.41, 5.74) is 0. The lowest BCUT2D eigenvalue weighted by molar-refractivity contribution is -0.133. The average molecular weight is 233 g/mol. The number of benzene rings is 1. The molecular formula is C13H15NO3. The van der Waals surface area contributed by atoms with E-state index in [2.05, 4.69) is 5.32 Å². The number of amides is 1. The highest BCUT2D eigenvalue weighted by Crippen LogP contribution is 2.33. The number of carbonyl (C=O) groups excluding carboxylic acids is 1. The summed E-state index contributed by atoms with van der Waals surface area (Å²) in [5.74, 6) is 1.27. The van der Waals surface area contributed by atoms with Crippen LogP contribution in [0.1, 0.15) is 19.8 Å². The van der Waals surface area contributed by atoms with Gasteiger partial charge in [0.15, 0.2) is 11.5 Å². The van der Waals surface area contributed by atoms with Crippen molar-refractivity contribution in [2.24, 2.45) is 0 Å². The molecule has 2 aliphatic rings. The van der Waals surface area contributed by atoms with Crippen LogP contribution in [0.25, 0.3) is 0 Å². The summed E-state index contributed by atoms with van der Waals surface area (Å²) in [4.78, 5) is 12.0. The second kappa shape index (κ2) is 3.95. The molecule has 1 aromatic rings. The first-order chi connectivity index (χ1) is 8.24. The van der Waals surface area contributed by atoms with Gasteiger partial charge in [0, 0.05) is 6.04 Å². The van der Waals surface area contributed by atoms with Crippen LogP contribution in [0.3, 0.4) is 0 Å². The van der Waals surface area contributed by atoms with Gasteiger partial charge in [0.2, 0.25) is 6.10 Å². The third-order valence-corrected chi connectivity index (χ3v) is 3.02. The highest BCUT2D eigenvalue weighted by molar-refractivity contribution is 5.82. The van der Waals surface area contributed by atoms with Gasteiger partial charge in [-0.3, -0.25) is 4.79 Å². The normalized spacial score (nSPS) is 26.4. The van der Waals surface area contributed by atoms with E-state index in [4.69, 9.17) is 9.47 Å². The molecule has 0 bridgehead atoms. The standard InChI is InChI=1S/C13H15NO3/c1-8-12(13(15)14-9-6-7-9)17-11-5-3-2-4-10(11)16-8/h2-5,8-9,12H,6-7H2,1H3,(H,14,15). The van der Waals surface area contributed by atoms with Crippen molar-refractivity contribution in [1.29, 1.82) is 0 Å². The molecule has 0 aromatic heterocycles. The Bertz CT molecular complexity index is 442. The second-order valence-electron chi connectivity index (χ2n) is 4.59. The van der Waals surface area contributed by atoms with Gasteiger partial charge in [-0.15, -0.1) is 0 Å². The predicted molar refractivity (Wildman–Crippen MR) is 62.1 cm³/mol. The third-order valence-electron chi connectivity index (χ3n) is 3.02. The van der Waals surface area contributed by atoms with Crippen molar-refractivity contribution in [1.82, 2.24) is 5.32 Å². The summed E-state index contributed by atoms with van der Waals surface area (Å²) >= 11 is 0. The summed E-state index contributed by atoms with van der Waals surface area (Å²) in [6, 6.07) is 7.77. The number of para-hydroxylation sites is 2. The Morgan fingerprint density at radius 2 is 1.88 bits per heavy atom. The van der Waals surface area contributed by atoms with Crippen molar-refractivity contribution in [2.45, 2.75) is 38.0 Å². The van der Waals surface area contributed by atoms with E-state index in [-0.39, 0.29) is 12.0 Å². The fourth-order valence-electron chi connectivity index (χ4n) is 1.92. The maximum Gasteiger partial charge on any atom is 0.265 e. The van der Waals surface area contributed by atoms with Gasteiger partial charge in [0.05, 0.1) is 0 Å². The SMILES string of the molecule is CC1Oc2ccccc2OC1C(=O)NC1CC1. The zero-order valence-electron chi connectivity index (χ0n) is 9.68. The fourth-order valence-corrected chi connectivity index (χ4v) is 1.92. The van der Waals surface area contributed by atoms with Crippen molar-refractivity contribution in [3.05, 3.63) is 24.3 Å². The molecule has 0 spiro atoms. The minimum Gasteiger partial charge on any atom is -0.482 e. The van der Waals surface area contributed by atoms with E-state index >= 15 is 0 Å². The van der Waals surface area contributed by atoms with Crippen LogP contribution >= 0.6 is 0 Å². The Morgan fingerprint density at radius 1 is 1.24 bits per heavy atom. The van der Waals surface area contributed by atoms with E-state index in [0.717, 1.165) is 12.8 Å². The van der Waals surface area contributed by atoms with E-state index in [1.165, 1.54) is 0 Å². The van der Waals surface area contributed by atoms with Crippen LogP contribution in [-0.4, -0.2) is 24.2 Å². The molecule has 2 atom stereocenters. The van der Waals surface area contributed by atoms with E-state index < -0.39 is 6.10 Å². The zero-order chi connectivity index (χ0) is 11.8. The van der Waals surface area contributed by atoms with Crippen molar-refractivity contribution in [3.63, 3.8) is 0 Å². The summed E-state index contributed by atoms with van der Waals surface area (Å²) in [7, 11) is 0. The average Bonchev–Trinajstić information content (AvgIpc) is 3.12. The van der Waals surface area contributed by atoms with E-state index in [1.807, 2.05) is 31.2 Å². The van der Waals surface area contributed by atoms with Crippen LogP contribution < -0.4 is 14.8 Å². The van der Waals surface area contributed by atoms with Crippen LogP contribution in [0.2, 0.25) is 0 Å². The Morgan fingerprint density at radius 3 is 2.53 bits per heavy atom. The first kappa shape index (κ1) is 10.4. The quantitative estimate of drug-likeness (QED) is 0.842. The van der Waals surface area contributed by atoms with Gasteiger partial charge in [-0.2, -0.15) is 0 Å². The molecule has 4 nitrogen and oxygen atoms in total. The molecule has 90 valence electrons. The highest BCUT2D eigenvalue weighted by Gasteiger charge is 2.36.